The lowest BCUT2D eigenvalue weighted by molar-refractivity contribution is -0.131. The molecule has 0 spiro atoms. The highest BCUT2D eigenvalue weighted by Gasteiger charge is 2.21. The number of carbonyl (C=O) groups is 1. The fraction of sp³-hybridized carbons (Fsp3) is 0.933. The highest BCUT2D eigenvalue weighted by Crippen LogP contribution is 2.26. The molecule has 2 aliphatic rings. The van der Waals surface area contributed by atoms with E-state index in [2.05, 4.69) is 12.2 Å². The van der Waals surface area contributed by atoms with Crippen molar-refractivity contribution in [1.82, 2.24) is 10.2 Å². The van der Waals surface area contributed by atoms with E-state index in [0.29, 0.717) is 18.5 Å². The van der Waals surface area contributed by atoms with Crippen molar-refractivity contribution in [3.63, 3.8) is 0 Å². The Balaban J connectivity index is 1.67. The molecule has 104 valence electrons. The first-order chi connectivity index (χ1) is 8.77. The van der Waals surface area contributed by atoms with Crippen molar-refractivity contribution in [3.05, 3.63) is 0 Å². The molecule has 0 aromatic carbocycles. The number of amides is 1. The molecule has 1 amide bonds. The van der Waals surface area contributed by atoms with Crippen LogP contribution in [0, 0.1) is 5.92 Å². The van der Waals surface area contributed by atoms with E-state index in [9.17, 15) is 4.79 Å². The standard InChI is InChI=1S/C15H28N2O/c1-13(14-8-4-2-5-9-14)16-12-15(18)17-10-6-3-7-11-17/h13-14,16H,2-12H2,1H3/t13-/m0/s1. The van der Waals surface area contributed by atoms with Gasteiger partial charge in [0.2, 0.25) is 5.91 Å². The molecule has 0 unspecified atom stereocenters. The number of hydrogen-bond donors (Lipinski definition) is 1. The largest absolute Gasteiger partial charge is 0.342 e. The van der Waals surface area contributed by atoms with E-state index in [1.807, 2.05) is 4.90 Å². The summed E-state index contributed by atoms with van der Waals surface area (Å²) in [6, 6.07) is 0.499. The van der Waals surface area contributed by atoms with Crippen molar-refractivity contribution in [3.8, 4) is 0 Å². The summed E-state index contributed by atoms with van der Waals surface area (Å²) in [6.07, 6.45) is 10.5. The molecule has 0 bridgehead atoms. The molecule has 1 atom stereocenters. The second-order valence-electron chi connectivity index (χ2n) is 6.01. The van der Waals surface area contributed by atoms with Crippen molar-refractivity contribution < 1.29 is 4.79 Å². The topological polar surface area (TPSA) is 32.3 Å². The SMILES string of the molecule is C[C@H](NCC(=O)N1CCCCC1)C1CCCCC1. The van der Waals surface area contributed by atoms with Gasteiger partial charge >= 0.3 is 0 Å². The Morgan fingerprint density at radius 3 is 2.39 bits per heavy atom. The molecule has 1 heterocycles. The molecule has 3 nitrogen and oxygen atoms in total. The Hall–Kier alpha value is -0.570. The van der Waals surface area contributed by atoms with Gasteiger partial charge in [-0.3, -0.25) is 4.79 Å². The number of rotatable bonds is 4. The molecule has 2 fully saturated rings. The molecule has 1 aliphatic heterocycles. The first kappa shape index (κ1) is 13.9. The highest BCUT2D eigenvalue weighted by molar-refractivity contribution is 5.78. The first-order valence-corrected chi connectivity index (χ1v) is 7.78. The van der Waals surface area contributed by atoms with Crippen LogP contribution in [0.4, 0.5) is 0 Å². The van der Waals surface area contributed by atoms with Gasteiger partial charge in [-0.1, -0.05) is 19.3 Å². The normalized spacial score (nSPS) is 23.9. The van der Waals surface area contributed by atoms with Gasteiger partial charge < -0.3 is 10.2 Å². The Morgan fingerprint density at radius 1 is 1.11 bits per heavy atom. The lowest BCUT2D eigenvalue weighted by Gasteiger charge is -2.30. The van der Waals surface area contributed by atoms with Crippen molar-refractivity contribution in [2.75, 3.05) is 19.6 Å². The minimum Gasteiger partial charge on any atom is -0.342 e. The van der Waals surface area contributed by atoms with Crippen LogP contribution in [-0.4, -0.2) is 36.5 Å². The van der Waals surface area contributed by atoms with Crippen molar-refractivity contribution >= 4 is 5.91 Å². The van der Waals surface area contributed by atoms with Crippen LogP contribution in [0.15, 0.2) is 0 Å². The minimum atomic E-state index is 0.303. The molecule has 3 heteroatoms. The van der Waals surface area contributed by atoms with Crippen LogP contribution in [0.2, 0.25) is 0 Å². The Bertz CT molecular complexity index is 255. The second kappa shape index (κ2) is 7.13. The minimum absolute atomic E-state index is 0.303. The van der Waals surface area contributed by atoms with Crippen LogP contribution in [0.5, 0.6) is 0 Å². The molecular formula is C15H28N2O. The third-order valence-electron chi connectivity index (χ3n) is 4.64. The van der Waals surface area contributed by atoms with Crippen LogP contribution >= 0.6 is 0 Å². The summed E-state index contributed by atoms with van der Waals surface area (Å²) in [5.74, 6) is 1.09. The molecule has 0 aromatic rings. The van der Waals surface area contributed by atoms with Gasteiger partial charge in [-0.2, -0.15) is 0 Å². The van der Waals surface area contributed by atoms with Crippen LogP contribution in [0.25, 0.3) is 0 Å². The average molecular weight is 252 g/mol. The number of nitrogens with zero attached hydrogens (tertiary/aromatic N) is 1. The fourth-order valence-electron chi connectivity index (χ4n) is 3.30. The summed E-state index contributed by atoms with van der Waals surface area (Å²) < 4.78 is 0. The van der Waals surface area contributed by atoms with Crippen LogP contribution in [0.1, 0.15) is 58.3 Å². The predicted molar refractivity (Wildman–Crippen MR) is 74.5 cm³/mol. The Labute approximate surface area is 111 Å². The highest BCUT2D eigenvalue weighted by atomic mass is 16.2. The van der Waals surface area contributed by atoms with Gasteiger partial charge in [0.1, 0.15) is 0 Å². The molecule has 1 aliphatic carbocycles. The van der Waals surface area contributed by atoms with E-state index in [1.165, 1.54) is 51.4 Å². The van der Waals surface area contributed by atoms with Crippen LogP contribution < -0.4 is 5.32 Å². The summed E-state index contributed by atoms with van der Waals surface area (Å²) in [5, 5.41) is 3.46. The molecule has 18 heavy (non-hydrogen) atoms. The van der Waals surface area contributed by atoms with Gasteiger partial charge in [0.05, 0.1) is 6.54 Å². The van der Waals surface area contributed by atoms with E-state index in [4.69, 9.17) is 0 Å². The van der Waals surface area contributed by atoms with Gasteiger partial charge in [-0.25, -0.2) is 0 Å². The summed E-state index contributed by atoms with van der Waals surface area (Å²) in [4.78, 5) is 14.1. The Kier molecular flexibility index (Phi) is 5.48. The zero-order valence-corrected chi connectivity index (χ0v) is 11.8. The predicted octanol–water partition coefficient (Wildman–Crippen LogP) is 2.56. The zero-order valence-electron chi connectivity index (χ0n) is 11.8. The molecule has 0 aromatic heterocycles. The maximum absolute atomic E-state index is 12.0. The molecule has 0 radical (unpaired) electrons. The number of hydrogen-bond acceptors (Lipinski definition) is 2. The summed E-state index contributed by atoms with van der Waals surface area (Å²) in [5.41, 5.74) is 0. The number of nitrogens with one attached hydrogen (secondary N) is 1. The van der Waals surface area contributed by atoms with Crippen LogP contribution in [0.3, 0.4) is 0 Å². The number of carbonyl (C=O) groups excluding carboxylic acids is 1. The first-order valence-electron chi connectivity index (χ1n) is 7.78. The van der Waals surface area contributed by atoms with Crippen molar-refractivity contribution in [2.24, 2.45) is 5.92 Å². The summed E-state index contributed by atoms with van der Waals surface area (Å²) in [7, 11) is 0. The van der Waals surface area contributed by atoms with Gasteiger partial charge in [0.25, 0.3) is 0 Å². The van der Waals surface area contributed by atoms with Gasteiger partial charge in [0, 0.05) is 19.1 Å². The smallest absolute Gasteiger partial charge is 0.236 e. The summed E-state index contributed by atoms with van der Waals surface area (Å²) >= 11 is 0. The zero-order chi connectivity index (χ0) is 12.8. The fourth-order valence-corrected chi connectivity index (χ4v) is 3.30. The molecule has 1 saturated heterocycles. The second-order valence-corrected chi connectivity index (χ2v) is 6.01. The maximum Gasteiger partial charge on any atom is 0.236 e. The maximum atomic E-state index is 12.0. The molecular weight excluding hydrogens is 224 g/mol. The van der Waals surface area contributed by atoms with Gasteiger partial charge in [0.15, 0.2) is 0 Å². The van der Waals surface area contributed by atoms with Gasteiger partial charge in [-0.05, 0) is 44.9 Å². The van der Waals surface area contributed by atoms with E-state index in [-0.39, 0.29) is 0 Å². The monoisotopic (exact) mass is 252 g/mol. The van der Waals surface area contributed by atoms with E-state index < -0.39 is 0 Å². The van der Waals surface area contributed by atoms with Crippen LogP contribution in [-0.2, 0) is 4.79 Å². The molecule has 1 saturated carbocycles. The summed E-state index contributed by atoms with van der Waals surface area (Å²) in [6.45, 7) is 4.73. The third-order valence-corrected chi connectivity index (χ3v) is 4.64. The quantitative estimate of drug-likeness (QED) is 0.834. The number of piperidine rings is 1. The van der Waals surface area contributed by atoms with Crippen molar-refractivity contribution in [1.29, 1.82) is 0 Å². The van der Waals surface area contributed by atoms with E-state index in [0.717, 1.165) is 19.0 Å². The third kappa shape index (κ3) is 3.98. The lowest BCUT2D eigenvalue weighted by atomic mass is 9.84. The van der Waals surface area contributed by atoms with Gasteiger partial charge in [-0.15, -0.1) is 0 Å². The van der Waals surface area contributed by atoms with E-state index >= 15 is 0 Å². The molecule has 2 rings (SSSR count). The van der Waals surface area contributed by atoms with Crippen molar-refractivity contribution in [2.45, 2.75) is 64.3 Å². The lowest BCUT2D eigenvalue weighted by Crippen LogP contribution is -2.45. The van der Waals surface area contributed by atoms with E-state index in [1.54, 1.807) is 0 Å². The average Bonchev–Trinajstić information content (AvgIpc) is 2.46. The molecule has 1 N–H and O–H groups in total. The Morgan fingerprint density at radius 2 is 1.72 bits per heavy atom. The number of likely N-dealkylation sites (tertiary alicyclic amines) is 1.